The second-order valence-corrected chi connectivity index (χ2v) is 21.3. The quantitative estimate of drug-likeness (QED) is 0.160. The fraction of sp³-hybridized carbons (Fsp3) is 0.238. The van der Waals surface area contributed by atoms with E-state index in [1.165, 1.54) is 0 Å². The highest BCUT2D eigenvalue weighted by molar-refractivity contribution is 7.00. The Morgan fingerprint density at radius 2 is 1.28 bits per heavy atom. The lowest BCUT2D eigenvalue weighted by molar-refractivity contribution is 0.195. The molecule has 0 spiro atoms. The number of nitrogens with zero attached hydrogens (tertiary/aromatic N) is 3. The predicted molar refractivity (Wildman–Crippen MR) is 286 cm³/mol. The number of rotatable bonds is 5. The second-order valence-electron chi connectivity index (χ2n) is 21.3. The minimum absolute atomic E-state index is 0.0149. The summed E-state index contributed by atoms with van der Waals surface area (Å²) in [5, 5.41) is 0.220. The first-order valence-corrected chi connectivity index (χ1v) is 24.0. The Hall–Kier alpha value is -6.78. The monoisotopic (exact) mass is 877 g/mol. The van der Waals surface area contributed by atoms with Gasteiger partial charge >= 0.3 is 0 Å². The third kappa shape index (κ3) is 5.53. The first-order chi connectivity index (χ1) is 36.1. The zero-order valence-electron chi connectivity index (χ0n) is 48.3. The Balaban J connectivity index is 1.28. The van der Waals surface area contributed by atoms with E-state index in [9.17, 15) is 9.60 Å². The van der Waals surface area contributed by atoms with Crippen LogP contribution in [0.5, 0.6) is 0 Å². The summed E-state index contributed by atoms with van der Waals surface area (Å²) in [5.41, 5.74) is 10.4. The van der Waals surface area contributed by atoms with Crippen molar-refractivity contribution in [2.75, 3.05) is 9.80 Å². The van der Waals surface area contributed by atoms with E-state index in [4.69, 9.17) is 2.74 Å². The van der Waals surface area contributed by atoms with Gasteiger partial charge in [0.2, 0.25) is 0 Å². The molecule has 4 heteroatoms. The molecule has 0 amide bonds. The van der Waals surface area contributed by atoms with Crippen molar-refractivity contribution < 1.29 is 12.3 Å². The van der Waals surface area contributed by atoms with Gasteiger partial charge in [-0.2, -0.15) is 0 Å². The third-order valence-electron chi connectivity index (χ3n) is 16.5. The van der Waals surface area contributed by atoms with Crippen LogP contribution in [-0.4, -0.2) is 16.8 Å². The molecule has 1 saturated carbocycles. The van der Waals surface area contributed by atoms with Gasteiger partial charge in [-0.3, -0.25) is 0 Å². The van der Waals surface area contributed by atoms with Crippen LogP contribution in [0.15, 0.2) is 176 Å². The van der Waals surface area contributed by atoms with Crippen molar-refractivity contribution in [3.05, 3.63) is 198 Å². The van der Waals surface area contributed by atoms with Gasteiger partial charge in [-0.1, -0.05) is 188 Å². The van der Waals surface area contributed by atoms with Gasteiger partial charge in [-0.05, 0) is 112 Å². The molecule has 8 aromatic carbocycles. The molecule has 328 valence electrons. The summed E-state index contributed by atoms with van der Waals surface area (Å²) in [6, 6.07) is 39.8. The van der Waals surface area contributed by atoms with Crippen LogP contribution >= 0.6 is 0 Å². The fourth-order valence-corrected chi connectivity index (χ4v) is 12.6. The Bertz CT molecular complexity index is 4020. The van der Waals surface area contributed by atoms with Crippen molar-refractivity contribution in [1.29, 1.82) is 0 Å². The molecule has 4 heterocycles. The zero-order valence-corrected chi connectivity index (χ0v) is 39.3. The SMILES string of the molecule is [2H]c1c2c3c(c([2H])c1N1c4ccccc4C4(C)CCCCC14C)-n1c4c([2H])c([2H])c([2H])c([2H])c4c4c([2H])c([2H])c([2H])c(c41)B3c1ccc(C(C)(C)c3ccccc3)cc1N2c1ccc(C(C)(C)C)cc1-c1ccccc1. The van der Waals surface area contributed by atoms with Crippen molar-refractivity contribution in [2.45, 2.75) is 95.9 Å². The van der Waals surface area contributed by atoms with Gasteiger partial charge in [0, 0.05) is 61.1 Å². The van der Waals surface area contributed by atoms with Gasteiger partial charge in [0.1, 0.15) is 0 Å². The minimum atomic E-state index is -0.867. The summed E-state index contributed by atoms with van der Waals surface area (Å²) in [6.07, 6.45) is 3.70. The Kier molecular flexibility index (Phi) is 6.75. The molecule has 0 bridgehead atoms. The van der Waals surface area contributed by atoms with E-state index in [1.54, 1.807) is 4.57 Å². The smallest absolute Gasteiger partial charge is 0.252 e. The molecule has 3 aliphatic heterocycles. The molecule has 4 aliphatic rings. The Morgan fingerprint density at radius 3 is 2.09 bits per heavy atom. The molecule has 2 atom stereocenters. The second kappa shape index (κ2) is 14.1. The van der Waals surface area contributed by atoms with Gasteiger partial charge in [0.15, 0.2) is 0 Å². The van der Waals surface area contributed by atoms with E-state index in [2.05, 4.69) is 149 Å². The van der Waals surface area contributed by atoms with Crippen molar-refractivity contribution >= 4 is 73.3 Å². The van der Waals surface area contributed by atoms with Crippen LogP contribution in [-0.2, 0) is 16.2 Å². The maximum absolute atomic E-state index is 11.2. The number of anilines is 5. The first-order valence-electron chi connectivity index (χ1n) is 28.5. The van der Waals surface area contributed by atoms with Gasteiger partial charge in [-0.15, -0.1) is 0 Å². The molecule has 1 aromatic heterocycles. The lowest BCUT2D eigenvalue weighted by Crippen LogP contribution is -2.60. The van der Waals surface area contributed by atoms with E-state index in [1.807, 2.05) is 30.3 Å². The van der Waals surface area contributed by atoms with Gasteiger partial charge < -0.3 is 14.4 Å². The van der Waals surface area contributed by atoms with E-state index in [-0.39, 0.29) is 69.4 Å². The number of hydrogen-bond donors (Lipinski definition) is 0. The maximum atomic E-state index is 11.2. The minimum Gasteiger partial charge on any atom is -0.334 e. The summed E-state index contributed by atoms with van der Waals surface area (Å²) < 4.78 is 90.6. The average Bonchev–Trinajstić information content (AvgIpc) is 4.05. The number of hydrogen-bond acceptors (Lipinski definition) is 2. The summed E-state index contributed by atoms with van der Waals surface area (Å²) in [7, 11) is 0. The highest BCUT2D eigenvalue weighted by Crippen LogP contribution is 2.61. The molecule has 1 aliphatic carbocycles. The van der Waals surface area contributed by atoms with Gasteiger partial charge in [0.05, 0.1) is 29.1 Å². The van der Waals surface area contributed by atoms with E-state index in [0.717, 1.165) is 81.6 Å². The molecular formula is C63H58BN3. The predicted octanol–water partition coefficient (Wildman–Crippen LogP) is 14.4. The van der Waals surface area contributed by atoms with Crippen molar-refractivity contribution in [2.24, 2.45) is 0 Å². The van der Waals surface area contributed by atoms with Crippen LogP contribution in [0.25, 0.3) is 38.6 Å². The van der Waals surface area contributed by atoms with Crippen LogP contribution in [0.2, 0.25) is 0 Å². The van der Waals surface area contributed by atoms with Gasteiger partial charge in [-0.25, -0.2) is 0 Å². The molecule has 1 fully saturated rings. The zero-order chi connectivity index (χ0) is 53.4. The van der Waals surface area contributed by atoms with Crippen LogP contribution in [0.4, 0.5) is 28.4 Å². The number of aromatic nitrogens is 1. The molecule has 0 saturated heterocycles. The summed E-state index contributed by atoms with van der Waals surface area (Å²) in [6.45, 7) is 14.8. The van der Waals surface area contributed by atoms with Crippen LogP contribution < -0.4 is 26.2 Å². The lowest BCUT2D eigenvalue weighted by Gasteiger charge is -2.51. The van der Waals surface area contributed by atoms with Crippen LogP contribution in [0, 0.1) is 0 Å². The highest BCUT2D eigenvalue weighted by atomic mass is 15.3. The summed E-state index contributed by atoms with van der Waals surface area (Å²) in [5.74, 6) is 0. The molecule has 67 heavy (non-hydrogen) atoms. The molecule has 0 radical (unpaired) electrons. The maximum Gasteiger partial charge on any atom is 0.252 e. The standard InChI is InChI=1S/C63H58BN3/c1-60(2,3)43-32-34-53(48(37-43)41-21-10-8-11-22-41)65-55-38-44(61(4,5)42-23-12-9-13-24-42)31-33-50(55)64-51-28-20-26-47-46-25-14-16-29-52(46)66(59(47)51)57-40-45(39-56(65)58(57)64)67-54-30-17-15-27-49(54)62(6)35-18-19-36-63(62,67)7/h8-17,20-34,37-40H,18-19,35-36H2,1-7H3/i14D,16D,20D,25D,26D,28D,29D,39D,40D. The van der Waals surface area contributed by atoms with E-state index in [0.29, 0.717) is 33.5 Å². The molecular weight excluding hydrogens is 810 g/mol. The molecule has 9 aromatic rings. The van der Waals surface area contributed by atoms with Crippen molar-refractivity contribution in [3.63, 3.8) is 0 Å². The van der Waals surface area contributed by atoms with E-state index >= 15 is 0 Å². The van der Waals surface area contributed by atoms with Crippen LogP contribution in [0.1, 0.15) is 109 Å². The normalized spacial score (nSPS) is 21.2. The highest BCUT2D eigenvalue weighted by Gasteiger charge is 2.58. The Morgan fingerprint density at radius 1 is 0.582 bits per heavy atom. The molecule has 2 unspecified atom stereocenters. The molecule has 3 nitrogen and oxygen atoms in total. The van der Waals surface area contributed by atoms with Crippen LogP contribution in [0.3, 0.4) is 0 Å². The van der Waals surface area contributed by atoms with Crippen molar-refractivity contribution in [1.82, 2.24) is 4.57 Å². The first kappa shape index (κ1) is 32.0. The van der Waals surface area contributed by atoms with Gasteiger partial charge in [0.25, 0.3) is 6.71 Å². The molecule has 13 rings (SSSR count). The van der Waals surface area contributed by atoms with Crippen molar-refractivity contribution in [3.8, 4) is 16.8 Å². The number of benzene rings is 8. The third-order valence-corrected chi connectivity index (χ3v) is 16.5. The summed E-state index contributed by atoms with van der Waals surface area (Å²) >= 11 is 0. The average molecular weight is 877 g/mol. The lowest BCUT2D eigenvalue weighted by atomic mass is 9.33. The number of para-hydroxylation sites is 3. The summed E-state index contributed by atoms with van der Waals surface area (Å²) in [4.78, 5) is 4.49. The van der Waals surface area contributed by atoms with E-state index < -0.39 is 29.8 Å². The fourth-order valence-electron chi connectivity index (χ4n) is 12.6. The Labute approximate surface area is 409 Å². The largest absolute Gasteiger partial charge is 0.334 e. The number of fused-ring (bicyclic) bond motifs is 10. The molecule has 0 N–H and O–H groups in total. The topological polar surface area (TPSA) is 11.4 Å².